The Hall–Kier alpha value is -1.05. The smallest absolute Gasteiger partial charge is 0.234 e. The Morgan fingerprint density at radius 1 is 1.47 bits per heavy atom. The fourth-order valence-corrected chi connectivity index (χ4v) is 0.784. The fraction of sp³-hybridized carbons (Fsp3) is 0.727. The number of nitrogens with one attached hydrogen (secondary N) is 2. The number of rotatable bonds is 6. The van der Waals surface area contributed by atoms with Crippen LogP contribution in [0, 0.1) is 12.3 Å². The Labute approximate surface area is 92.4 Å². The summed E-state index contributed by atoms with van der Waals surface area (Å²) in [6.07, 6.45) is 5.05. The molecule has 4 nitrogen and oxygen atoms in total. The maximum atomic E-state index is 11.3. The number of amides is 1. The molecule has 4 heteroatoms. The van der Waals surface area contributed by atoms with E-state index in [4.69, 9.17) is 6.42 Å². The summed E-state index contributed by atoms with van der Waals surface area (Å²) in [6.45, 7) is 5.46. The lowest BCUT2D eigenvalue weighted by atomic mass is 10.0. The van der Waals surface area contributed by atoms with Gasteiger partial charge in [0.1, 0.15) is 0 Å². The first-order chi connectivity index (χ1) is 6.90. The van der Waals surface area contributed by atoms with E-state index in [1.807, 2.05) is 14.1 Å². The normalized spacial score (nSPS) is 11.2. The van der Waals surface area contributed by atoms with E-state index >= 15 is 0 Å². The number of likely N-dealkylation sites (N-methyl/N-ethyl adjacent to an activating group) is 1. The summed E-state index contributed by atoms with van der Waals surface area (Å²) in [5.74, 6) is 2.39. The summed E-state index contributed by atoms with van der Waals surface area (Å²) >= 11 is 0. The van der Waals surface area contributed by atoms with Gasteiger partial charge in [-0.1, -0.05) is 5.92 Å². The lowest BCUT2D eigenvalue weighted by Crippen LogP contribution is -2.49. The van der Waals surface area contributed by atoms with E-state index in [0.29, 0.717) is 13.1 Å². The monoisotopic (exact) mass is 211 g/mol. The lowest BCUT2D eigenvalue weighted by Gasteiger charge is -2.32. The molecule has 0 aliphatic heterocycles. The van der Waals surface area contributed by atoms with Crippen LogP contribution in [0.4, 0.5) is 0 Å². The number of carbonyl (C=O) groups is 1. The van der Waals surface area contributed by atoms with Crippen molar-refractivity contribution < 1.29 is 4.79 Å². The molecule has 0 radical (unpaired) electrons. The lowest BCUT2D eigenvalue weighted by molar-refractivity contribution is -0.120. The van der Waals surface area contributed by atoms with E-state index in [1.165, 1.54) is 0 Å². The summed E-state index contributed by atoms with van der Waals surface area (Å²) in [5.41, 5.74) is -0.0399. The highest BCUT2D eigenvalue weighted by molar-refractivity contribution is 5.78. The van der Waals surface area contributed by atoms with Crippen LogP contribution in [0.15, 0.2) is 0 Å². The van der Waals surface area contributed by atoms with Gasteiger partial charge in [0, 0.05) is 12.1 Å². The molecule has 0 aliphatic rings. The fourth-order valence-electron chi connectivity index (χ4n) is 0.784. The molecule has 0 fully saturated rings. The third-order valence-electron chi connectivity index (χ3n) is 2.44. The van der Waals surface area contributed by atoms with Crippen molar-refractivity contribution in [3.63, 3.8) is 0 Å². The molecule has 0 saturated heterocycles. The van der Waals surface area contributed by atoms with E-state index in [-0.39, 0.29) is 18.0 Å². The molecule has 2 N–H and O–H groups in total. The van der Waals surface area contributed by atoms with E-state index in [9.17, 15) is 4.79 Å². The Balaban J connectivity index is 3.76. The Morgan fingerprint density at radius 2 is 2.07 bits per heavy atom. The first-order valence-corrected chi connectivity index (χ1v) is 4.98. The van der Waals surface area contributed by atoms with Crippen LogP contribution in [0.5, 0.6) is 0 Å². The van der Waals surface area contributed by atoms with Crippen LogP contribution in [-0.2, 0) is 4.79 Å². The molecule has 0 aromatic carbocycles. The van der Waals surface area contributed by atoms with Crippen LogP contribution >= 0.6 is 0 Å². The number of carbonyl (C=O) groups excluding carboxylic acids is 1. The van der Waals surface area contributed by atoms with Crippen LogP contribution in [0.1, 0.15) is 13.8 Å². The van der Waals surface area contributed by atoms with Crippen LogP contribution in [0.25, 0.3) is 0 Å². The molecule has 0 aromatic rings. The Kier molecular flexibility index (Phi) is 5.99. The van der Waals surface area contributed by atoms with Crippen LogP contribution in [0.2, 0.25) is 0 Å². The molecule has 0 aromatic heterocycles. The number of hydrogen-bond donors (Lipinski definition) is 2. The van der Waals surface area contributed by atoms with Crippen molar-refractivity contribution >= 4 is 5.91 Å². The molecule has 0 rings (SSSR count). The van der Waals surface area contributed by atoms with Gasteiger partial charge >= 0.3 is 0 Å². The second-order valence-corrected chi connectivity index (χ2v) is 4.29. The maximum Gasteiger partial charge on any atom is 0.234 e. The minimum Gasteiger partial charge on any atom is -0.353 e. The topological polar surface area (TPSA) is 44.4 Å². The third-order valence-corrected chi connectivity index (χ3v) is 2.44. The molecule has 0 unspecified atom stereocenters. The van der Waals surface area contributed by atoms with Crippen molar-refractivity contribution in [2.75, 3.05) is 33.7 Å². The van der Waals surface area contributed by atoms with Gasteiger partial charge in [-0.15, -0.1) is 6.42 Å². The van der Waals surface area contributed by atoms with Crippen molar-refractivity contribution in [1.82, 2.24) is 15.5 Å². The predicted octanol–water partition coefficient (Wildman–Crippen LogP) is -0.334. The molecule has 0 atom stereocenters. The molecule has 86 valence electrons. The largest absolute Gasteiger partial charge is 0.353 e. The third kappa shape index (κ3) is 6.10. The van der Waals surface area contributed by atoms with E-state index in [1.54, 1.807) is 0 Å². The van der Waals surface area contributed by atoms with Crippen molar-refractivity contribution in [3.8, 4) is 12.3 Å². The zero-order valence-electron chi connectivity index (χ0n) is 10.1. The molecule has 1 amide bonds. The quantitative estimate of drug-likeness (QED) is 0.467. The van der Waals surface area contributed by atoms with E-state index in [2.05, 4.69) is 35.3 Å². The Bertz CT molecular complexity index is 241. The SMILES string of the molecule is C#CCNCC(=O)NCC(C)(C)N(C)C. The second-order valence-electron chi connectivity index (χ2n) is 4.29. The minimum absolute atomic E-state index is 0.0276. The standard InChI is InChI=1S/C11H21N3O/c1-6-7-12-8-10(15)13-9-11(2,3)14(4)5/h1,12H,7-9H2,2-5H3,(H,13,15). The first-order valence-electron chi connectivity index (χ1n) is 4.98. The molecule has 0 bridgehead atoms. The highest BCUT2D eigenvalue weighted by atomic mass is 16.1. The zero-order valence-corrected chi connectivity index (χ0v) is 10.1. The predicted molar refractivity (Wildman–Crippen MR) is 62.5 cm³/mol. The highest BCUT2D eigenvalue weighted by Crippen LogP contribution is 2.07. The van der Waals surface area contributed by atoms with Gasteiger partial charge in [0.2, 0.25) is 5.91 Å². The summed E-state index contributed by atoms with van der Waals surface area (Å²) < 4.78 is 0. The van der Waals surface area contributed by atoms with E-state index < -0.39 is 0 Å². The van der Waals surface area contributed by atoms with Crippen LogP contribution in [0.3, 0.4) is 0 Å². The number of nitrogens with zero attached hydrogens (tertiary/aromatic N) is 1. The average molecular weight is 211 g/mol. The van der Waals surface area contributed by atoms with Crippen LogP contribution in [-0.4, -0.2) is 50.1 Å². The van der Waals surface area contributed by atoms with Gasteiger partial charge in [-0.2, -0.15) is 0 Å². The molecular weight excluding hydrogens is 190 g/mol. The number of hydrogen-bond acceptors (Lipinski definition) is 3. The zero-order chi connectivity index (χ0) is 11.9. The van der Waals surface area contributed by atoms with Crippen molar-refractivity contribution in [2.24, 2.45) is 0 Å². The summed E-state index contributed by atoms with van der Waals surface area (Å²) in [5, 5.41) is 5.69. The maximum absolute atomic E-state index is 11.3. The molecule has 15 heavy (non-hydrogen) atoms. The van der Waals surface area contributed by atoms with Crippen molar-refractivity contribution in [2.45, 2.75) is 19.4 Å². The van der Waals surface area contributed by atoms with Crippen molar-refractivity contribution in [1.29, 1.82) is 0 Å². The van der Waals surface area contributed by atoms with Gasteiger partial charge in [0.05, 0.1) is 13.1 Å². The average Bonchev–Trinajstić information content (AvgIpc) is 2.15. The highest BCUT2D eigenvalue weighted by Gasteiger charge is 2.20. The summed E-state index contributed by atoms with van der Waals surface area (Å²) in [7, 11) is 3.98. The molecular formula is C11H21N3O. The van der Waals surface area contributed by atoms with Gasteiger partial charge in [0.15, 0.2) is 0 Å². The summed E-state index contributed by atoms with van der Waals surface area (Å²) in [6, 6.07) is 0. The van der Waals surface area contributed by atoms with Gasteiger partial charge < -0.3 is 10.2 Å². The van der Waals surface area contributed by atoms with Gasteiger partial charge in [-0.3, -0.25) is 10.1 Å². The van der Waals surface area contributed by atoms with E-state index in [0.717, 1.165) is 0 Å². The number of terminal acetylenes is 1. The van der Waals surface area contributed by atoms with Gasteiger partial charge in [-0.05, 0) is 27.9 Å². The van der Waals surface area contributed by atoms with Crippen LogP contribution < -0.4 is 10.6 Å². The first kappa shape index (κ1) is 13.9. The molecule has 0 saturated carbocycles. The van der Waals surface area contributed by atoms with Crippen molar-refractivity contribution in [3.05, 3.63) is 0 Å². The molecule has 0 heterocycles. The minimum atomic E-state index is -0.0399. The van der Waals surface area contributed by atoms with Gasteiger partial charge in [-0.25, -0.2) is 0 Å². The Morgan fingerprint density at radius 3 is 2.53 bits per heavy atom. The molecule has 0 aliphatic carbocycles. The van der Waals surface area contributed by atoms with Gasteiger partial charge in [0.25, 0.3) is 0 Å². The second kappa shape index (κ2) is 6.44. The summed E-state index contributed by atoms with van der Waals surface area (Å²) in [4.78, 5) is 13.4. The molecule has 0 spiro atoms.